The molecule has 0 N–H and O–H groups in total. The maximum Gasteiger partial charge on any atom is 0.298 e. The van der Waals surface area contributed by atoms with Crippen LogP contribution in [0.3, 0.4) is 0 Å². The van der Waals surface area contributed by atoms with Crippen molar-refractivity contribution in [3.63, 3.8) is 0 Å². The number of nitro benzene ring substituents is 1. The van der Waals surface area contributed by atoms with Crippen LogP contribution in [0, 0.1) is 10.1 Å². The van der Waals surface area contributed by atoms with Crippen molar-refractivity contribution in [3.8, 4) is 11.5 Å². The number of fused-ring (bicyclic) bond motifs is 1. The quantitative estimate of drug-likeness (QED) is 0.109. The van der Waals surface area contributed by atoms with Gasteiger partial charge in [0.15, 0.2) is 5.75 Å². The molecule has 0 aliphatic carbocycles. The van der Waals surface area contributed by atoms with Gasteiger partial charge in [0, 0.05) is 24.1 Å². The van der Waals surface area contributed by atoms with E-state index >= 15 is 0 Å². The van der Waals surface area contributed by atoms with E-state index in [0.29, 0.717) is 17.4 Å². The first-order valence-electron chi connectivity index (χ1n) is 11.7. The Balaban J connectivity index is 2.49. The van der Waals surface area contributed by atoms with Gasteiger partial charge in [-0.15, -0.1) is 0 Å². The number of nitro groups is 1. The third-order valence-corrected chi connectivity index (χ3v) is 5.53. The zero-order chi connectivity index (χ0) is 25.1. The number of non-ortho nitro benzene ring substituents is 1. The largest absolute Gasteiger partial charge is 0.485 e. The van der Waals surface area contributed by atoms with E-state index in [1.807, 2.05) is 13.0 Å². The average Bonchev–Trinajstić information content (AvgIpc) is 2.79. The van der Waals surface area contributed by atoms with Gasteiger partial charge in [-0.1, -0.05) is 43.4 Å². The number of carbonyl (C=O) groups is 1. The molecule has 0 atom stereocenters. The summed E-state index contributed by atoms with van der Waals surface area (Å²) in [5.41, 5.74) is 2.10. The molecule has 0 spiro atoms. The predicted octanol–water partition coefficient (Wildman–Crippen LogP) is 6.10. The Kier molecular flexibility index (Phi) is 10.5. The molecule has 0 bridgehead atoms. The molecule has 1 aromatic carbocycles. The molecule has 0 saturated carbocycles. The van der Waals surface area contributed by atoms with Crippen molar-refractivity contribution in [1.82, 2.24) is 4.57 Å². The van der Waals surface area contributed by atoms with Crippen LogP contribution in [0.4, 0.5) is 5.69 Å². The summed E-state index contributed by atoms with van der Waals surface area (Å²) < 4.78 is 12.4. The van der Waals surface area contributed by atoms with Crippen molar-refractivity contribution in [1.29, 1.82) is 0 Å². The fourth-order valence-corrected chi connectivity index (χ4v) is 3.67. The van der Waals surface area contributed by atoms with E-state index in [0.717, 1.165) is 44.1 Å². The number of aryl methyl sites for hydroxylation is 1. The molecular formula is C26H34N2O6. The van der Waals surface area contributed by atoms with Crippen molar-refractivity contribution >= 4 is 23.1 Å². The maximum atomic E-state index is 13.2. The first-order chi connectivity index (χ1) is 16.3. The number of pyridine rings is 1. The number of unbranched alkanes of at least 4 members (excludes halogenated alkanes) is 3. The zero-order valence-electron chi connectivity index (χ0n) is 20.5. The molecule has 34 heavy (non-hydrogen) atoms. The van der Waals surface area contributed by atoms with E-state index in [4.69, 9.17) is 9.47 Å². The molecule has 2 aromatic rings. The Morgan fingerprint density at radius 1 is 1.12 bits per heavy atom. The molecule has 0 radical (unpaired) electrons. The van der Waals surface area contributed by atoms with Crippen molar-refractivity contribution < 1.29 is 19.2 Å². The molecule has 0 saturated heterocycles. The minimum absolute atomic E-state index is 0.111. The summed E-state index contributed by atoms with van der Waals surface area (Å²) in [7, 11) is 0. The second kappa shape index (κ2) is 13.3. The predicted molar refractivity (Wildman–Crippen MR) is 134 cm³/mol. The van der Waals surface area contributed by atoms with Gasteiger partial charge in [0.25, 0.3) is 17.7 Å². The van der Waals surface area contributed by atoms with E-state index in [2.05, 4.69) is 26.8 Å². The Hall–Kier alpha value is -3.42. The monoisotopic (exact) mass is 470 g/mol. The third-order valence-electron chi connectivity index (χ3n) is 5.53. The summed E-state index contributed by atoms with van der Waals surface area (Å²) in [6, 6.07) is 4.26. The summed E-state index contributed by atoms with van der Waals surface area (Å²) in [5, 5.41) is 11.9. The smallest absolute Gasteiger partial charge is 0.298 e. The highest BCUT2D eigenvalue weighted by Gasteiger charge is 2.21. The van der Waals surface area contributed by atoms with Crippen LogP contribution >= 0.6 is 0 Å². The Labute approximate surface area is 200 Å². The van der Waals surface area contributed by atoms with Gasteiger partial charge in [-0.25, -0.2) is 0 Å². The number of benzene rings is 1. The molecule has 8 nitrogen and oxygen atoms in total. The number of rotatable bonds is 14. The van der Waals surface area contributed by atoms with Crippen LogP contribution in [0.5, 0.6) is 11.5 Å². The van der Waals surface area contributed by atoms with E-state index < -0.39 is 10.5 Å². The molecule has 184 valence electrons. The van der Waals surface area contributed by atoms with Gasteiger partial charge in [0.05, 0.1) is 10.4 Å². The lowest BCUT2D eigenvalue weighted by atomic mass is 10.1. The summed E-state index contributed by atoms with van der Waals surface area (Å²) in [6.07, 6.45) is 9.56. The lowest BCUT2D eigenvalue weighted by molar-refractivity contribution is -0.384. The van der Waals surface area contributed by atoms with Crippen LogP contribution in [0.1, 0.15) is 66.2 Å². The Bertz CT molecular complexity index is 1130. The van der Waals surface area contributed by atoms with Crippen LogP contribution in [-0.2, 0) is 11.3 Å². The normalized spacial score (nSPS) is 11.4. The maximum absolute atomic E-state index is 13.2. The van der Waals surface area contributed by atoms with Crippen molar-refractivity contribution in [3.05, 3.63) is 62.0 Å². The molecule has 1 heterocycles. The van der Waals surface area contributed by atoms with Crippen molar-refractivity contribution in [2.45, 2.75) is 72.8 Å². The standard InChI is InChI=1S/C26H34N2O6/c1-5-6-7-8-15-27-23-17-21(28(31)32)12-13-22(23)24(25(26(27)30)34-18-29)33-16-14-20(4)11-9-10-19(2)3/h10,12-14,17-18H,5-9,11,15-16H2,1-4H3. The van der Waals surface area contributed by atoms with Crippen molar-refractivity contribution in [2.75, 3.05) is 6.61 Å². The highest BCUT2D eigenvalue weighted by atomic mass is 16.6. The van der Waals surface area contributed by atoms with Gasteiger partial charge < -0.3 is 14.0 Å². The molecule has 8 heteroatoms. The molecule has 1 aromatic heterocycles. The Morgan fingerprint density at radius 2 is 1.88 bits per heavy atom. The molecular weight excluding hydrogens is 436 g/mol. The number of carbonyl (C=O) groups excluding carboxylic acids is 1. The fraction of sp³-hybridized carbons (Fsp3) is 0.462. The highest BCUT2D eigenvalue weighted by molar-refractivity contribution is 5.90. The van der Waals surface area contributed by atoms with Gasteiger partial charge in [-0.3, -0.25) is 19.7 Å². The molecule has 0 amide bonds. The van der Waals surface area contributed by atoms with Crippen LogP contribution < -0.4 is 15.0 Å². The highest BCUT2D eigenvalue weighted by Crippen LogP contribution is 2.35. The number of hydrogen-bond acceptors (Lipinski definition) is 6. The SMILES string of the molecule is CCCCCCn1c(=O)c(OC=O)c(OCC=C(C)CCC=C(C)C)c2ccc([N+](=O)[O-])cc21. The van der Waals surface area contributed by atoms with E-state index in [1.54, 1.807) is 0 Å². The summed E-state index contributed by atoms with van der Waals surface area (Å²) in [4.78, 5) is 35.3. The lowest BCUT2D eigenvalue weighted by Crippen LogP contribution is -2.24. The van der Waals surface area contributed by atoms with Crippen LogP contribution in [0.15, 0.2) is 46.3 Å². The number of aromatic nitrogens is 1. The second-order valence-corrected chi connectivity index (χ2v) is 8.53. The van der Waals surface area contributed by atoms with Crippen LogP contribution in [-0.4, -0.2) is 22.6 Å². The number of allylic oxidation sites excluding steroid dienone is 3. The van der Waals surface area contributed by atoms with E-state index in [9.17, 15) is 19.7 Å². The number of ether oxygens (including phenoxy) is 2. The zero-order valence-corrected chi connectivity index (χ0v) is 20.5. The number of hydrogen-bond donors (Lipinski definition) is 0. The molecule has 0 fully saturated rings. The molecule has 0 aliphatic rings. The number of nitrogens with zero attached hydrogens (tertiary/aromatic N) is 2. The second-order valence-electron chi connectivity index (χ2n) is 8.53. The summed E-state index contributed by atoms with van der Waals surface area (Å²) in [6.45, 7) is 8.92. The minimum atomic E-state index is -0.546. The minimum Gasteiger partial charge on any atom is -0.485 e. The van der Waals surface area contributed by atoms with Crippen molar-refractivity contribution in [2.24, 2.45) is 0 Å². The van der Waals surface area contributed by atoms with Crippen LogP contribution in [0.25, 0.3) is 10.9 Å². The summed E-state index contributed by atoms with van der Waals surface area (Å²) >= 11 is 0. The van der Waals surface area contributed by atoms with Gasteiger partial charge in [0.2, 0.25) is 5.75 Å². The lowest BCUT2D eigenvalue weighted by Gasteiger charge is -2.17. The topological polar surface area (TPSA) is 101 Å². The van der Waals surface area contributed by atoms with Gasteiger partial charge in [-0.2, -0.15) is 0 Å². The van der Waals surface area contributed by atoms with E-state index in [-0.39, 0.29) is 30.3 Å². The fourth-order valence-electron chi connectivity index (χ4n) is 3.67. The third kappa shape index (κ3) is 7.30. The first kappa shape index (κ1) is 26.8. The molecule has 0 unspecified atom stereocenters. The van der Waals surface area contributed by atoms with Gasteiger partial charge in [0.1, 0.15) is 6.61 Å². The Morgan fingerprint density at radius 3 is 2.53 bits per heavy atom. The first-order valence-corrected chi connectivity index (χ1v) is 11.7. The van der Waals surface area contributed by atoms with Gasteiger partial charge >= 0.3 is 0 Å². The summed E-state index contributed by atoms with van der Waals surface area (Å²) in [5.74, 6) is -0.0948. The van der Waals surface area contributed by atoms with E-state index in [1.165, 1.54) is 28.3 Å². The molecule has 2 rings (SSSR count). The van der Waals surface area contributed by atoms with Gasteiger partial charge in [-0.05, 0) is 52.2 Å². The average molecular weight is 471 g/mol. The van der Waals surface area contributed by atoms with Crippen LogP contribution in [0.2, 0.25) is 0 Å². The molecule has 0 aliphatic heterocycles.